The van der Waals surface area contributed by atoms with Crippen molar-refractivity contribution < 1.29 is 17.9 Å². The van der Waals surface area contributed by atoms with Gasteiger partial charge in [0, 0.05) is 12.1 Å². The Bertz CT molecular complexity index is 732. The van der Waals surface area contributed by atoms with Crippen molar-refractivity contribution in [3.05, 3.63) is 54.1 Å². The van der Waals surface area contributed by atoms with Gasteiger partial charge >= 0.3 is 6.18 Å². The summed E-state index contributed by atoms with van der Waals surface area (Å²) in [5.41, 5.74) is 0.0876. The molecule has 0 aromatic heterocycles. The number of hydrogen-bond donors (Lipinski definition) is 1. The fourth-order valence-electron chi connectivity index (χ4n) is 3.99. The van der Waals surface area contributed by atoms with E-state index in [0.717, 1.165) is 31.7 Å². The Hall–Kier alpha value is -2.01. The van der Waals surface area contributed by atoms with Gasteiger partial charge in [-0.15, -0.1) is 0 Å². The van der Waals surface area contributed by atoms with Crippen molar-refractivity contribution in [3.63, 3.8) is 0 Å². The molecule has 2 nitrogen and oxygen atoms in total. The number of halogens is 3. The largest absolute Gasteiger partial charge is 0.490 e. The lowest BCUT2D eigenvalue weighted by molar-refractivity contribution is -0.137. The summed E-state index contributed by atoms with van der Waals surface area (Å²) in [6.07, 6.45) is -0.174. The molecule has 2 aliphatic rings. The van der Waals surface area contributed by atoms with Crippen LogP contribution < -0.4 is 10.1 Å². The maximum absolute atomic E-state index is 13.4. The molecule has 2 saturated heterocycles. The number of rotatable bonds is 3. The van der Waals surface area contributed by atoms with E-state index in [-0.39, 0.29) is 11.7 Å². The molecule has 4 rings (SSSR count). The molecular formula is C20H20F3NO. The van der Waals surface area contributed by atoms with E-state index in [2.05, 4.69) is 5.32 Å². The second-order valence-corrected chi connectivity index (χ2v) is 6.92. The first-order chi connectivity index (χ1) is 12.0. The van der Waals surface area contributed by atoms with Crippen LogP contribution in [0, 0.1) is 0 Å². The standard InChI is InChI=1S/C20H20F3NO/c21-20(22,23)19-9-8-16(12-18(19)13-4-2-1-3-5-13)25-17-10-14-6-7-15(11-17)24-14/h1-5,8-9,12,14-15,17,24H,6-7,10-11H2. The lowest BCUT2D eigenvalue weighted by Gasteiger charge is -2.29. The molecule has 2 atom stereocenters. The van der Waals surface area contributed by atoms with Gasteiger partial charge in [0.05, 0.1) is 5.56 Å². The Morgan fingerprint density at radius 2 is 1.60 bits per heavy atom. The highest BCUT2D eigenvalue weighted by molar-refractivity contribution is 5.69. The topological polar surface area (TPSA) is 21.3 Å². The van der Waals surface area contributed by atoms with Gasteiger partial charge < -0.3 is 10.1 Å². The molecule has 2 unspecified atom stereocenters. The van der Waals surface area contributed by atoms with Crippen LogP contribution in [0.4, 0.5) is 13.2 Å². The molecule has 2 fully saturated rings. The van der Waals surface area contributed by atoms with Crippen LogP contribution in [-0.2, 0) is 6.18 Å². The monoisotopic (exact) mass is 347 g/mol. The Kier molecular flexibility index (Phi) is 4.20. The van der Waals surface area contributed by atoms with Crippen LogP contribution in [0.3, 0.4) is 0 Å². The van der Waals surface area contributed by atoms with Crippen LogP contribution >= 0.6 is 0 Å². The Labute approximate surface area is 145 Å². The van der Waals surface area contributed by atoms with E-state index in [1.165, 1.54) is 12.1 Å². The quantitative estimate of drug-likeness (QED) is 0.840. The van der Waals surface area contributed by atoms with Crippen molar-refractivity contribution in [1.29, 1.82) is 0 Å². The fraction of sp³-hybridized carbons (Fsp3) is 0.400. The highest BCUT2D eigenvalue weighted by Crippen LogP contribution is 2.39. The van der Waals surface area contributed by atoms with Crippen molar-refractivity contribution in [2.24, 2.45) is 0 Å². The van der Waals surface area contributed by atoms with Crippen LogP contribution in [0.5, 0.6) is 5.75 Å². The SMILES string of the molecule is FC(F)(F)c1ccc(OC2CC3CCC(C2)N3)cc1-c1ccccc1. The van der Waals surface area contributed by atoms with Crippen LogP contribution in [-0.4, -0.2) is 18.2 Å². The van der Waals surface area contributed by atoms with Crippen molar-refractivity contribution in [2.45, 2.75) is 50.0 Å². The third-order valence-corrected chi connectivity index (χ3v) is 5.11. The maximum atomic E-state index is 13.4. The summed E-state index contributed by atoms with van der Waals surface area (Å²) >= 11 is 0. The molecular weight excluding hydrogens is 327 g/mol. The molecule has 2 aliphatic heterocycles. The van der Waals surface area contributed by atoms with Crippen molar-refractivity contribution in [2.75, 3.05) is 0 Å². The molecule has 5 heteroatoms. The Morgan fingerprint density at radius 1 is 0.920 bits per heavy atom. The molecule has 0 amide bonds. The van der Waals surface area contributed by atoms with Gasteiger partial charge in [0.15, 0.2) is 0 Å². The number of hydrogen-bond acceptors (Lipinski definition) is 2. The average Bonchev–Trinajstić information content (AvgIpc) is 2.93. The van der Waals surface area contributed by atoms with E-state index >= 15 is 0 Å². The van der Waals surface area contributed by atoms with Gasteiger partial charge in [-0.25, -0.2) is 0 Å². The molecule has 0 saturated carbocycles. The molecule has 2 bridgehead atoms. The average molecular weight is 347 g/mol. The van der Waals surface area contributed by atoms with E-state index in [4.69, 9.17) is 4.74 Å². The number of fused-ring (bicyclic) bond motifs is 2. The fourth-order valence-corrected chi connectivity index (χ4v) is 3.99. The smallest absolute Gasteiger partial charge is 0.417 e. The van der Waals surface area contributed by atoms with Gasteiger partial charge in [-0.1, -0.05) is 30.3 Å². The summed E-state index contributed by atoms with van der Waals surface area (Å²) in [7, 11) is 0. The van der Waals surface area contributed by atoms with Crippen LogP contribution in [0.25, 0.3) is 11.1 Å². The van der Waals surface area contributed by atoms with E-state index in [9.17, 15) is 13.2 Å². The maximum Gasteiger partial charge on any atom is 0.417 e. The van der Waals surface area contributed by atoms with Gasteiger partial charge in [0.25, 0.3) is 0 Å². The molecule has 2 aromatic rings. The lowest BCUT2D eigenvalue weighted by atomic mass is 9.98. The normalized spacial score (nSPS) is 25.8. The summed E-state index contributed by atoms with van der Waals surface area (Å²) in [6, 6.07) is 13.7. The minimum absolute atomic E-state index is 0.0686. The zero-order valence-electron chi connectivity index (χ0n) is 13.7. The molecule has 0 spiro atoms. The second kappa shape index (κ2) is 6.37. The lowest BCUT2D eigenvalue weighted by Crippen LogP contribution is -2.42. The molecule has 1 N–H and O–H groups in total. The molecule has 0 aliphatic carbocycles. The molecule has 2 aromatic carbocycles. The van der Waals surface area contributed by atoms with Crippen molar-refractivity contribution >= 4 is 0 Å². The summed E-state index contributed by atoms with van der Waals surface area (Å²) in [6.45, 7) is 0. The zero-order valence-corrected chi connectivity index (χ0v) is 13.7. The third kappa shape index (κ3) is 3.52. The Balaban J connectivity index is 1.63. The second-order valence-electron chi connectivity index (χ2n) is 6.92. The molecule has 2 heterocycles. The third-order valence-electron chi connectivity index (χ3n) is 5.11. The van der Waals surface area contributed by atoms with Gasteiger partial charge in [0.1, 0.15) is 11.9 Å². The predicted octanol–water partition coefficient (Wildman–Crippen LogP) is 5.03. The molecule has 0 radical (unpaired) electrons. The van der Waals surface area contributed by atoms with Gasteiger partial charge in [-0.3, -0.25) is 0 Å². The summed E-state index contributed by atoms with van der Waals surface area (Å²) in [5, 5.41) is 3.54. The number of alkyl halides is 3. The minimum atomic E-state index is -4.39. The van der Waals surface area contributed by atoms with E-state index in [1.54, 1.807) is 30.3 Å². The van der Waals surface area contributed by atoms with Crippen LogP contribution in [0.15, 0.2) is 48.5 Å². The first-order valence-electron chi connectivity index (χ1n) is 8.68. The number of nitrogens with one attached hydrogen (secondary N) is 1. The van der Waals surface area contributed by atoms with Crippen LogP contribution in [0.1, 0.15) is 31.2 Å². The number of ether oxygens (including phenoxy) is 1. The van der Waals surface area contributed by atoms with E-state index in [0.29, 0.717) is 23.4 Å². The highest BCUT2D eigenvalue weighted by atomic mass is 19.4. The van der Waals surface area contributed by atoms with Gasteiger partial charge in [-0.05, 0) is 55.0 Å². The minimum Gasteiger partial charge on any atom is -0.490 e. The van der Waals surface area contributed by atoms with Gasteiger partial charge in [0.2, 0.25) is 0 Å². The predicted molar refractivity (Wildman–Crippen MR) is 90.5 cm³/mol. The van der Waals surface area contributed by atoms with E-state index < -0.39 is 11.7 Å². The van der Waals surface area contributed by atoms with Crippen LogP contribution in [0.2, 0.25) is 0 Å². The highest BCUT2D eigenvalue weighted by Gasteiger charge is 2.36. The first-order valence-corrected chi connectivity index (χ1v) is 8.68. The summed E-state index contributed by atoms with van der Waals surface area (Å²) in [5.74, 6) is 0.512. The van der Waals surface area contributed by atoms with E-state index in [1.807, 2.05) is 0 Å². The van der Waals surface area contributed by atoms with Crippen molar-refractivity contribution in [1.82, 2.24) is 5.32 Å². The number of piperidine rings is 1. The van der Waals surface area contributed by atoms with Gasteiger partial charge in [-0.2, -0.15) is 13.2 Å². The first kappa shape index (κ1) is 16.5. The molecule has 25 heavy (non-hydrogen) atoms. The zero-order chi connectivity index (χ0) is 17.4. The summed E-state index contributed by atoms with van der Waals surface area (Å²) < 4.78 is 46.2. The van der Waals surface area contributed by atoms with Crippen molar-refractivity contribution in [3.8, 4) is 16.9 Å². The summed E-state index contributed by atoms with van der Waals surface area (Å²) in [4.78, 5) is 0. The Morgan fingerprint density at radius 3 is 2.24 bits per heavy atom. The molecule has 132 valence electrons. The number of benzene rings is 2.